The zero-order valence-electron chi connectivity index (χ0n) is 15.3. The van der Waals surface area contributed by atoms with Gasteiger partial charge in [-0.3, -0.25) is 4.79 Å². The average molecular weight is 385 g/mol. The zero-order valence-corrected chi connectivity index (χ0v) is 15.3. The van der Waals surface area contributed by atoms with Crippen molar-refractivity contribution in [3.63, 3.8) is 0 Å². The summed E-state index contributed by atoms with van der Waals surface area (Å²) in [7, 11) is 0. The third kappa shape index (κ3) is 3.11. The van der Waals surface area contributed by atoms with Crippen LogP contribution in [0.2, 0.25) is 0 Å². The Morgan fingerprint density at radius 2 is 2.25 bits per heavy atom. The molecule has 0 aromatic carbocycles. The second kappa shape index (κ2) is 6.59. The van der Waals surface area contributed by atoms with E-state index in [-0.39, 0.29) is 24.2 Å². The molecular formula is C19H20FN5O3. The van der Waals surface area contributed by atoms with Crippen molar-refractivity contribution in [3.05, 3.63) is 30.2 Å². The van der Waals surface area contributed by atoms with E-state index in [2.05, 4.69) is 20.9 Å². The third-order valence-corrected chi connectivity index (χ3v) is 5.13. The van der Waals surface area contributed by atoms with Crippen LogP contribution in [0, 0.1) is 12.8 Å². The molecule has 1 amide bonds. The lowest BCUT2D eigenvalue weighted by Crippen LogP contribution is -2.27. The van der Waals surface area contributed by atoms with Crippen LogP contribution in [0.4, 0.5) is 10.2 Å². The fraction of sp³-hybridized carbons (Fsp3) is 0.421. The fourth-order valence-electron chi connectivity index (χ4n) is 3.43. The van der Waals surface area contributed by atoms with Gasteiger partial charge in [0.15, 0.2) is 12.0 Å². The van der Waals surface area contributed by atoms with Crippen LogP contribution in [-0.2, 0) is 4.79 Å². The summed E-state index contributed by atoms with van der Waals surface area (Å²) in [5.74, 6) is 1.51. The summed E-state index contributed by atoms with van der Waals surface area (Å²) >= 11 is 0. The molecule has 2 unspecified atom stereocenters. The van der Waals surface area contributed by atoms with Crippen molar-refractivity contribution in [3.8, 4) is 17.0 Å². The van der Waals surface area contributed by atoms with E-state index >= 15 is 0 Å². The van der Waals surface area contributed by atoms with E-state index in [4.69, 9.17) is 9.26 Å². The number of nitrogens with zero attached hydrogens (tertiary/aromatic N) is 3. The van der Waals surface area contributed by atoms with Crippen LogP contribution >= 0.6 is 0 Å². The van der Waals surface area contributed by atoms with Gasteiger partial charge in [0.2, 0.25) is 5.91 Å². The van der Waals surface area contributed by atoms with Crippen molar-refractivity contribution in [1.29, 1.82) is 0 Å². The molecule has 3 aromatic rings. The second-order valence-electron chi connectivity index (χ2n) is 7.33. The standard InChI is InChI=1S/C19H20FN5O3/c1-10-17(19(24-28-10)27-15-9-21-8-14(15)20)12-4-5-25-13(6-12)7-16(23-25)22-18(26)11-2-3-11/h4-7,11,14-15,21H,2-3,8-9H2,1H3,(H,22,23,26). The highest BCUT2D eigenvalue weighted by Crippen LogP contribution is 2.35. The molecule has 28 heavy (non-hydrogen) atoms. The number of anilines is 1. The summed E-state index contributed by atoms with van der Waals surface area (Å²) in [5.41, 5.74) is 2.31. The molecular weight excluding hydrogens is 365 g/mol. The van der Waals surface area contributed by atoms with Gasteiger partial charge >= 0.3 is 0 Å². The molecule has 0 bridgehead atoms. The normalized spacial score (nSPS) is 21.9. The lowest BCUT2D eigenvalue weighted by Gasteiger charge is -2.13. The Kier molecular flexibility index (Phi) is 4.04. The van der Waals surface area contributed by atoms with Crippen LogP contribution < -0.4 is 15.4 Å². The number of hydrogen-bond donors (Lipinski definition) is 2. The van der Waals surface area contributed by atoms with E-state index in [1.807, 2.05) is 18.2 Å². The molecule has 4 heterocycles. The van der Waals surface area contributed by atoms with Crippen LogP contribution in [0.1, 0.15) is 18.6 Å². The number of aromatic nitrogens is 3. The number of carbonyl (C=O) groups excluding carboxylic acids is 1. The predicted octanol–water partition coefficient (Wildman–Crippen LogP) is 2.33. The van der Waals surface area contributed by atoms with Crippen molar-refractivity contribution >= 4 is 17.2 Å². The molecule has 1 saturated carbocycles. The van der Waals surface area contributed by atoms with Crippen molar-refractivity contribution in [2.24, 2.45) is 5.92 Å². The number of amides is 1. The van der Waals surface area contributed by atoms with Crippen molar-refractivity contribution in [2.75, 3.05) is 18.4 Å². The Bertz CT molecular complexity index is 1040. The van der Waals surface area contributed by atoms with Gasteiger partial charge in [-0.2, -0.15) is 5.10 Å². The fourth-order valence-corrected chi connectivity index (χ4v) is 3.43. The van der Waals surface area contributed by atoms with Crippen molar-refractivity contribution in [2.45, 2.75) is 32.0 Å². The summed E-state index contributed by atoms with van der Waals surface area (Å²) in [5, 5.41) is 14.2. The quantitative estimate of drug-likeness (QED) is 0.700. The first-order valence-corrected chi connectivity index (χ1v) is 9.37. The Morgan fingerprint density at radius 3 is 3.00 bits per heavy atom. The maximum Gasteiger partial charge on any atom is 0.262 e. The van der Waals surface area contributed by atoms with Crippen LogP contribution in [-0.4, -0.2) is 46.0 Å². The molecule has 146 valence electrons. The summed E-state index contributed by atoms with van der Waals surface area (Å²) in [6.07, 6.45) is 2.00. The number of hydrogen-bond acceptors (Lipinski definition) is 6. The van der Waals surface area contributed by atoms with E-state index in [1.165, 1.54) is 0 Å². The highest BCUT2D eigenvalue weighted by atomic mass is 19.1. The molecule has 8 nitrogen and oxygen atoms in total. The second-order valence-corrected chi connectivity index (χ2v) is 7.33. The molecule has 2 fully saturated rings. The van der Waals surface area contributed by atoms with E-state index in [0.29, 0.717) is 23.7 Å². The maximum absolute atomic E-state index is 13.9. The number of fused-ring (bicyclic) bond motifs is 1. The summed E-state index contributed by atoms with van der Waals surface area (Å²) in [6, 6.07) is 5.58. The predicted molar refractivity (Wildman–Crippen MR) is 99.0 cm³/mol. The van der Waals surface area contributed by atoms with Gasteiger partial charge in [0.25, 0.3) is 5.88 Å². The molecule has 0 spiro atoms. The van der Waals surface area contributed by atoms with Gasteiger partial charge in [-0.15, -0.1) is 0 Å². The molecule has 3 aromatic heterocycles. The molecule has 1 saturated heterocycles. The van der Waals surface area contributed by atoms with E-state index in [9.17, 15) is 9.18 Å². The van der Waals surface area contributed by atoms with E-state index < -0.39 is 12.3 Å². The smallest absolute Gasteiger partial charge is 0.262 e. The van der Waals surface area contributed by atoms with Crippen LogP contribution in [0.3, 0.4) is 0 Å². The number of alkyl halides is 1. The largest absolute Gasteiger partial charge is 0.467 e. The number of nitrogens with one attached hydrogen (secondary N) is 2. The monoisotopic (exact) mass is 385 g/mol. The minimum atomic E-state index is -1.08. The number of pyridine rings is 1. The number of aryl methyl sites for hydroxylation is 1. The molecule has 1 aliphatic heterocycles. The van der Waals surface area contributed by atoms with Gasteiger partial charge in [-0.25, -0.2) is 8.91 Å². The highest BCUT2D eigenvalue weighted by molar-refractivity contribution is 5.93. The van der Waals surface area contributed by atoms with Gasteiger partial charge in [0.05, 0.1) is 11.1 Å². The number of carbonyl (C=O) groups is 1. The first kappa shape index (κ1) is 17.2. The summed E-state index contributed by atoms with van der Waals surface area (Å²) < 4.78 is 26.7. The number of rotatable bonds is 5. The Hall–Kier alpha value is -2.94. The van der Waals surface area contributed by atoms with Gasteiger partial charge in [-0.1, -0.05) is 0 Å². The van der Waals surface area contributed by atoms with Crippen molar-refractivity contribution in [1.82, 2.24) is 20.1 Å². The van der Waals surface area contributed by atoms with Crippen LogP contribution in [0.15, 0.2) is 28.9 Å². The van der Waals surface area contributed by atoms with E-state index in [0.717, 1.165) is 23.9 Å². The van der Waals surface area contributed by atoms with Gasteiger partial charge in [0, 0.05) is 31.3 Å². The molecule has 0 radical (unpaired) electrons. The number of halogens is 1. The molecule has 2 atom stereocenters. The average Bonchev–Trinajstić information content (AvgIpc) is 3.20. The SMILES string of the molecule is Cc1onc(OC2CNCC2F)c1-c1ccn2nc(NC(=O)C3CC3)cc2c1. The minimum absolute atomic E-state index is 0.0140. The molecule has 9 heteroatoms. The molecule has 2 aliphatic rings. The first-order chi connectivity index (χ1) is 13.6. The lowest BCUT2D eigenvalue weighted by molar-refractivity contribution is -0.117. The van der Waals surface area contributed by atoms with Gasteiger partial charge < -0.3 is 19.9 Å². The Morgan fingerprint density at radius 1 is 1.39 bits per heavy atom. The summed E-state index contributed by atoms with van der Waals surface area (Å²) in [4.78, 5) is 12.0. The minimum Gasteiger partial charge on any atom is -0.467 e. The van der Waals surface area contributed by atoms with Crippen LogP contribution in [0.25, 0.3) is 16.6 Å². The van der Waals surface area contributed by atoms with Crippen LogP contribution in [0.5, 0.6) is 5.88 Å². The van der Waals surface area contributed by atoms with Gasteiger partial charge in [0.1, 0.15) is 11.9 Å². The number of ether oxygens (including phenoxy) is 1. The first-order valence-electron chi connectivity index (χ1n) is 9.37. The molecule has 1 aliphatic carbocycles. The van der Waals surface area contributed by atoms with Gasteiger partial charge in [-0.05, 0) is 42.6 Å². The highest BCUT2D eigenvalue weighted by Gasteiger charge is 2.31. The lowest BCUT2D eigenvalue weighted by atomic mass is 10.1. The zero-order chi connectivity index (χ0) is 19.3. The maximum atomic E-state index is 13.9. The molecule has 2 N–H and O–H groups in total. The van der Waals surface area contributed by atoms with E-state index in [1.54, 1.807) is 17.6 Å². The third-order valence-electron chi connectivity index (χ3n) is 5.13. The topological polar surface area (TPSA) is 93.7 Å². The molecule has 5 rings (SSSR count). The Balaban J connectivity index is 1.44. The Labute approximate surface area is 160 Å². The summed E-state index contributed by atoms with van der Waals surface area (Å²) in [6.45, 7) is 2.49. The van der Waals surface area contributed by atoms with Crippen molar-refractivity contribution < 1.29 is 18.4 Å².